The summed E-state index contributed by atoms with van der Waals surface area (Å²) in [4.78, 5) is 0. The average Bonchev–Trinajstić information content (AvgIpc) is 2.47. The molecule has 0 unspecified atom stereocenters. The summed E-state index contributed by atoms with van der Waals surface area (Å²) >= 11 is 6.00. The number of anilines is 2. The maximum Gasteiger partial charge on any atom is 0.163 e. The van der Waals surface area contributed by atoms with Gasteiger partial charge in [-0.2, -0.15) is 5.26 Å². The fourth-order valence-corrected chi connectivity index (χ4v) is 2.19. The quantitative estimate of drug-likeness (QED) is 0.914. The molecule has 4 nitrogen and oxygen atoms in total. The van der Waals surface area contributed by atoms with Gasteiger partial charge in [0.2, 0.25) is 0 Å². The predicted molar refractivity (Wildman–Crippen MR) is 76.9 cm³/mol. The van der Waals surface area contributed by atoms with Gasteiger partial charge in [0.25, 0.3) is 0 Å². The minimum atomic E-state index is 0.426. The normalized spacial score (nSPS) is 12.6. The third-order valence-electron chi connectivity index (χ3n) is 2.92. The Kier molecular flexibility index (Phi) is 3.36. The van der Waals surface area contributed by atoms with E-state index in [2.05, 4.69) is 5.32 Å². The molecule has 2 aromatic carbocycles. The molecule has 0 saturated heterocycles. The zero-order chi connectivity index (χ0) is 13.9. The summed E-state index contributed by atoms with van der Waals surface area (Å²) in [6.45, 7) is 1.13. The van der Waals surface area contributed by atoms with E-state index in [1.165, 1.54) is 0 Å². The monoisotopic (exact) mass is 286 g/mol. The van der Waals surface area contributed by atoms with Gasteiger partial charge in [0.15, 0.2) is 11.5 Å². The zero-order valence-electron chi connectivity index (χ0n) is 10.5. The number of hydrogen-bond acceptors (Lipinski definition) is 4. The van der Waals surface area contributed by atoms with Gasteiger partial charge < -0.3 is 14.8 Å². The van der Waals surface area contributed by atoms with E-state index in [0.29, 0.717) is 23.8 Å². The Bertz CT molecular complexity index is 695. The number of nitrogens with one attached hydrogen (secondary N) is 1. The van der Waals surface area contributed by atoms with Gasteiger partial charge in [0.05, 0.1) is 10.6 Å². The van der Waals surface area contributed by atoms with Crippen LogP contribution in [0.3, 0.4) is 0 Å². The van der Waals surface area contributed by atoms with E-state index in [0.717, 1.165) is 22.9 Å². The molecule has 0 fully saturated rings. The summed E-state index contributed by atoms with van der Waals surface area (Å²) in [7, 11) is 0. The number of benzene rings is 2. The minimum absolute atomic E-state index is 0.426. The van der Waals surface area contributed by atoms with E-state index in [1.54, 1.807) is 18.2 Å². The lowest BCUT2D eigenvalue weighted by Gasteiger charge is -2.19. The van der Waals surface area contributed by atoms with Crippen molar-refractivity contribution in [1.29, 1.82) is 5.26 Å². The van der Waals surface area contributed by atoms with Gasteiger partial charge >= 0.3 is 0 Å². The molecule has 0 radical (unpaired) electrons. The van der Waals surface area contributed by atoms with Crippen LogP contribution < -0.4 is 14.8 Å². The highest BCUT2D eigenvalue weighted by Crippen LogP contribution is 2.34. The Morgan fingerprint density at radius 1 is 1.00 bits per heavy atom. The Labute approximate surface area is 121 Å². The minimum Gasteiger partial charge on any atom is -0.486 e. The summed E-state index contributed by atoms with van der Waals surface area (Å²) in [6.07, 6.45) is 0. The predicted octanol–water partition coefficient (Wildman–Crippen LogP) is 3.73. The second-order valence-corrected chi connectivity index (χ2v) is 4.70. The lowest BCUT2D eigenvalue weighted by Crippen LogP contribution is -2.15. The Morgan fingerprint density at radius 2 is 1.70 bits per heavy atom. The second-order valence-electron chi connectivity index (χ2n) is 4.29. The van der Waals surface area contributed by atoms with Crippen molar-refractivity contribution < 1.29 is 9.47 Å². The summed E-state index contributed by atoms with van der Waals surface area (Å²) < 4.78 is 11.0. The van der Waals surface area contributed by atoms with Crippen LogP contribution in [0.1, 0.15) is 5.56 Å². The fraction of sp³-hybridized carbons (Fsp3) is 0.133. The molecule has 100 valence electrons. The number of nitriles is 1. The van der Waals surface area contributed by atoms with Crippen LogP contribution in [0.25, 0.3) is 0 Å². The highest BCUT2D eigenvalue weighted by atomic mass is 35.5. The number of nitrogens with zero attached hydrogens (tertiary/aromatic N) is 1. The summed E-state index contributed by atoms with van der Waals surface area (Å²) in [6, 6.07) is 12.9. The molecule has 0 spiro atoms. The van der Waals surface area contributed by atoms with E-state index in [9.17, 15) is 0 Å². The molecule has 3 rings (SSSR count). The SMILES string of the molecule is N#Cc1ccc(Nc2ccc3c(c2)OCCO3)cc1Cl. The topological polar surface area (TPSA) is 54.3 Å². The molecule has 0 bridgehead atoms. The lowest BCUT2D eigenvalue weighted by molar-refractivity contribution is 0.171. The molecule has 0 aromatic heterocycles. The molecule has 0 saturated carbocycles. The van der Waals surface area contributed by atoms with E-state index in [4.69, 9.17) is 26.3 Å². The van der Waals surface area contributed by atoms with Crippen molar-refractivity contribution in [3.05, 3.63) is 47.0 Å². The number of rotatable bonds is 2. The van der Waals surface area contributed by atoms with E-state index < -0.39 is 0 Å². The maximum atomic E-state index is 8.85. The molecule has 20 heavy (non-hydrogen) atoms. The van der Waals surface area contributed by atoms with Crippen LogP contribution in [0.2, 0.25) is 5.02 Å². The van der Waals surface area contributed by atoms with E-state index in [1.807, 2.05) is 24.3 Å². The lowest BCUT2D eigenvalue weighted by atomic mass is 10.2. The van der Waals surface area contributed by atoms with Gasteiger partial charge in [0.1, 0.15) is 19.3 Å². The molecule has 0 aliphatic carbocycles. The Balaban J connectivity index is 1.84. The zero-order valence-corrected chi connectivity index (χ0v) is 11.3. The first-order valence-electron chi connectivity index (χ1n) is 6.12. The maximum absolute atomic E-state index is 8.85. The van der Waals surface area contributed by atoms with Crippen LogP contribution in [0.4, 0.5) is 11.4 Å². The smallest absolute Gasteiger partial charge is 0.163 e. The van der Waals surface area contributed by atoms with Gasteiger partial charge in [-0.1, -0.05) is 11.6 Å². The van der Waals surface area contributed by atoms with Crippen molar-refractivity contribution in [3.8, 4) is 17.6 Å². The van der Waals surface area contributed by atoms with Gasteiger partial charge in [-0.05, 0) is 30.3 Å². The van der Waals surface area contributed by atoms with Crippen LogP contribution in [-0.4, -0.2) is 13.2 Å². The fourth-order valence-electron chi connectivity index (χ4n) is 1.97. The second kappa shape index (κ2) is 5.32. The van der Waals surface area contributed by atoms with Crippen LogP contribution in [-0.2, 0) is 0 Å². The van der Waals surface area contributed by atoms with Crippen LogP contribution in [0, 0.1) is 11.3 Å². The number of fused-ring (bicyclic) bond motifs is 1. The molecule has 1 aliphatic heterocycles. The third-order valence-corrected chi connectivity index (χ3v) is 3.23. The van der Waals surface area contributed by atoms with Crippen molar-refractivity contribution >= 4 is 23.0 Å². The summed E-state index contributed by atoms with van der Waals surface area (Å²) in [5.74, 6) is 1.47. The molecular formula is C15H11ClN2O2. The van der Waals surface area contributed by atoms with Crippen molar-refractivity contribution in [2.75, 3.05) is 18.5 Å². The first-order chi connectivity index (χ1) is 9.76. The van der Waals surface area contributed by atoms with Crippen molar-refractivity contribution in [1.82, 2.24) is 0 Å². The molecule has 0 amide bonds. The molecule has 5 heteroatoms. The Hall–Kier alpha value is -2.38. The summed E-state index contributed by atoms with van der Waals surface area (Å²) in [5, 5.41) is 12.5. The highest BCUT2D eigenvalue weighted by Gasteiger charge is 2.11. The van der Waals surface area contributed by atoms with Crippen LogP contribution in [0.15, 0.2) is 36.4 Å². The van der Waals surface area contributed by atoms with E-state index >= 15 is 0 Å². The van der Waals surface area contributed by atoms with Gasteiger partial charge in [-0.15, -0.1) is 0 Å². The number of ether oxygens (including phenoxy) is 2. The van der Waals surface area contributed by atoms with Crippen LogP contribution >= 0.6 is 11.6 Å². The molecule has 1 aliphatic rings. The standard InChI is InChI=1S/C15H11ClN2O2/c16-13-7-11(2-1-10(13)9-17)18-12-3-4-14-15(8-12)20-6-5-19-14/h1-4,7-8,18H,5-6H2. The first-order valence-corrected chi connectivity index (χ1v) is 6.50. The van der Waals surface area contributed by atoms with Crippen molar-refractivity contribution in [2.45, 2.75) is 0 Å². The number of halogens is 1. The van der Waals surface area contributed by atoms with E-state index in [-0.39, 0.29) is 0 Å². The molecular weight excluding hydrogens is 276 g/mol. The first kappa shape index (κ1) is 12.6. The van der Waals surface area contributed by atoms with Crippen molar-refractivity contribution in [3.63, 3.8) is 0 Å². The van der Waals surface area contributed by atoms with Gasteiger partial charge in [0, 0.05) is 17.4 Å². The molecule has 1 N–H and O–H groups in total. The van der Waals surface area contributed by atoms with Gasteiger partial charge in [-0.3, -0.25) is 0 Å². The largest absolute Gasteiger partial charge is 0.486 e. The molecule has 1 heterocycles. The Morgan fingerprint density at radius 3 is 2.45 bits per heavy atom. The molecule has 2 aromatic rings. The van der Waals surface area contributed by atoms with Crippen molar-refractivity contribution in [2.24, 2.45) is 0 Å². The summed E-state index contributed by atoms with van der Waals surface area (Å²) in [5.41, 5.74) is 2.14. The highest BCUT2D eigenvalue weighted by molar-refractivity contribution is 6.32. The van der Waals surface area contributed by atoms with Gasteiger partial charge in [-0.25, -0.2) is 0 Å². The molecule has 0 atom stereocenters. The third kappa shape index (κ3) is 2.49. The van der Waals surface area contributed by atoms with Crippen LogP contribution in [0.5, 0.6) is 11.5 Å². The average molecular weight is 287 g/mol. The number of hydrogen-bond donors (Lipinski definition) is 1.